The summed E-state index contributed by atoms with van der Waals surface area (Å²) in [6, 6.07) is 7.06. The smallest absolute Gasteiger partial charge is 0.395 e. The Kier molecular flexibility index (Phi) is 6.13. The first-order chi connectivity index (χ1) is 13.6. The van der Waals surface area contributed by atoms with E-state index in [2.05, 4.69) is 31.6 Å². The molecule has 3 N–H and O–H groups in total. The summed E-state index contributed by atoms with van der Waals surface area (Å²) in [6.45, 7) is 1.72. The minimum absolute atomic E-state index is 0. The van der Waals surface area contributed by atoms with Gasteiger partial charge in [-0.1, -0.05) is 12.1 Å². The van der Waals surface area contributed by atoms with E-state index in [1.54, 1.807) is 18.3 Å². The first kappa shape index (κ1) is 22.2. The Morgan fingerprint density at radius 2 is 1.90 bits per heavy atom. The predicted octanol–water partition coefficient (Wildman–Crippen LogP) is 3.91. The summed E-state index contributed by atoms with van der Waals surface area (Å²) >= 11 is 0. The van der Waals surface area contributed by atoms with Gasteiger partial charge in [0.1, 0.15) is 5.82 Å². The number of nitrogens with zero attached hydrogens (tertiary/aromatic N) is 2. The lowest BCUT2D eigenvalue weighted by atomic mass is 9.79. The minimum atomic E-state index is -3.72. The van der Waals surface area contributed by atoms with Crippen LogP contribution in [0.3, 0.4) is 0 Å². The molecule has 160 valence electrons. The van der Waals surface area contributed by atoms with E-state index >= 15 is 0 Å². The third-order valence-corrected chi connectivity index (χ3v) is 5.46. The summed E-state index contributed by atoms with van der Waals surface area (Å²) in [6.07, 6.45) is -0.349. The SMILES string of the molecule is Cl.Cl.N#CC1=C(C2CCNCC2)Nc2[nH]ncc2C1c1cccc2c1OC(F)(F)O2. The van der Waals surface area contributed by atoms with Gasteiger partial charge >= 0.3 is 6.29 Å². The molecule has 1 aromatic heterocycles. The van der Waals surface area contributed by atoms with Crippen LogP contribution in [0.4, 0.5) is 14.6 Å². The zero-order valence-corrected chi connectivity index (χ0v) is 17.2. The molecule has 7 nitrogen and oxygen atoms in total. The molecule has 1 unspecified atom stereocenters. The van der Waals surface area contributed by atoms with Crippen LogP contribution in [0.5, 0.6) is 11.5 Å². The fourth-order valence-corrected chi connectivity index (χ4v) is 4.23. The van der Waals surface area contributed by atoms with E-state index in [9.17, 15) is 14.0 Å². The fourth-order valence-electron chi connectivity index (χ4n) is 4.23. The van der Waals surface area contributed by atoms with Gasteiger partial charge in [0.2, 0.25) is 0 Å². The van der Waals surface area contributed by atoms with Gasteiger partial charge in [-0.2, -0.15) is 10.4 Å². The van der Waals surface area contributed by atoms with Gasteiger partial charge in [-0.3, -0.25) is 5.10 Å². The Hall–Kier alpha value is -2.54. The maximum Gasteiger partial charge on any atom is 0.586 e. The molecular formula is C19H19Cl2F2N5O2. The highest BCUT2D eigenvalue weighted by molar-refractivity contribution is 5.85. The molecule has 1 fully saturated rings. The Morgan fingerprint density at radius 1 is 1.13 bits per heavy atom. The number of benzene rings is 1. The van der Waals surface area contributed by atoms with Gasteiger partial charge in [0.15, 0.2) is 11.5 Å². The molecule has 3 aliphatic rings. The number of aromatic amines is 1. The number of alkyl halides is 2. The number of nitriles is 1. The molecule has 1 atom stereocenters. The molecule has 0 amide bonds. The lowest BCUT2D eigenvalue weighted by molar-refractivity contribution is -0.286. The van der Waals surface area contributed by atoms with E-state index in [4.69, 9.17) is 4.74 Å². The molecule has 5 rings (SSSR count). The number of halogens is 4. The van der Waals surface area contributed by atoms with Crippen molar-refractivity contribution in [1.82, 2.24) is 15.5 Å². The van der Waals surface area contributed by atoms with E-state index < -0.39 is 12.2 Å². The zero-order valence-electron chi connectivity index (χ0n) is 15.6. The van der Waals surface area contributed by atoms with Crippen molar-refractivity contribution in [2.75, 3.05) is 18.4 Å². The van der Waals surface area contributed by atoms with Crippen LogP contribution in [0, 0.1) is 17.2 Å². The third kappa shape index (κ3) is 3.55. The topological polar surface area (TPSA) is 95.0 Å². The van der Waals surface area contributed by atoms with Gasteiger partial charge in [-0.15, -0.1) is 33.6 Å². The van der Waals surface area contributed by atoms with Gasteiger partial charge in [0.05, 0.1) is 23.8 Å². The summed E-state index contributed by atoms with van der Waals surface area (Å²) in [7, 11) is 0. The van der Waals surface area contributed by atoms with Gasteiger partial charge in [0, 0.05) is 22.7 Å². The molecular weight excluding hydrogens is 439 g/mol. The van der Waals surface area contributed by atoms with Crippen LogP contribution in [0.15, 0.2) is 35.7 Å². The molecule has 11 heteroatoms. The zero-order chi connectivity index (χ0) is 19.3. The van der Waals surface area contributed by atoms with E-state index in [1.807, 2.05) is 0 Å². The number of ether oxygens (including phenoxy) is 2. The van der Waals surface area contributed by atoms with E-state index in [0.29, 0.717) is 22.5 Å². The quantitative estimate of drug-likeness (QED) is 0.632. The number of fused-ring (bicyclic) bond motifs is 2. The molecule has 4 heterocycles. The number of H-pyrrole nitrogens is 1. The number of allylic oxidation sites excluding steroid dienone is 2. The number of nitrogens with one attached hydrogen (secondary N) is 3. The molecule has 0 spiro atoms. The summed E-state index contributed by atoms with van der Waals surface area (Å²) in [5.41, 5.74) is 2.48. The van der Waals surface area contributed by atoms with Gasteiger partial charge in [-0.05, 0) is 32.0 Å². The number of rotatable bonds is 2. The number of aromatic nitrogens is 2. The Balaban J connectivity index is 0.00000128. The van der Waals surface area contributed by atoms with Crippen molar-refractivity contribution < 1.29 is 18.3 Å². The second-order valence-electron chi connectivity index (χ2n) is 7.06. The first-order valence-electron chi connectivity index (χ1n) is 9.11. The number of para-hydroxylation sites is 1. The lowest BCUT2D eigenvalue weighted by Gasteiger charge is -2.32. The van der Waals surface area contributed by atoms with Crippen molar-refractivity contribution in [3.63, 3.8) is 0 Å². The molecule has 0 radical (unpaired) electrons. The van der Waals surface area contributed by atoms with Crippen LogP contribution in [0.2, 0.25) is 0 Å². The lowest BCUT2D eigenvalue weighted by Crippen LogP contribution is -2.32. The largest absolute Gasteiger partial charge is 0.586 e. The number of piperidine rings is 1. The van der Waals surface area contributed by atoms with Crippen molar-refractivity contribution >= 4 is 30.6 Å². The van der Waals surface area contributed by atoms with E-state index in [0.717, 1.165) is 31.6 Å². The van der Waals surface area contributed by atoms with Crippen LogP contribution >= 0.6 is 24.8 Å². The highest BCUT2D eigenvalue weighted by Crippen LogP contribution is 2.51. The number of anilines is 1. The summed E-state index contributed by atoms with van der Waals surface area (Å²) < 4.78 is 36.8. The minimum Gasteiger partial charge on any atom is -0.395 e. The Bertz CT molecular complexity index is 1010. The van der Waals surface area contributed by atoms with E-state index in [1.165, 1.54) is 6.07 Å². The monoisotopic (exact) mass is 457 g/mol. The predicted molar refractivity (Wildman–Crippen MR) is 109 cm³/mol. The number of hydrogen-bond donors (Lipinski definition) is 3. The average Bonchev–Trinajstić information content (AvgIpc) is 3.29. The van der Waals surface area contributed by atoms with Crippen molar-refractivity contribution in [1.29, 1.82) is 5.26 Å². The van der Waals surface area contributed by atoms with Crippen LogP contribution in [0.25, 0.3) is 0 Å². The highest BCUT2D eigenvalue weighted by Gasteiger charge is 2.46. The van der Waals surface area contributed by atoms with Crippen molar-refractivity contribution in [2.24, 2.45) is 5.92 Å². The van der Waals surface area contributed by atoms with Crippen molar-refractivity contribution in [2.45, 2.75) is 25.1 Å². The average molecular weight is 458 g/mol. The molecule has 0 saturated carbocycles. The van der Waals surface area contributed by atoms with Crippen LogP contribution in [0.1, 0.15) is 29.9 Å². The fraction of sp³-hybridized carbons (Fsp3) is 0.368. The molecule has 0 bridgehead atoms. The molecule has 1 saturated heterocycles. The van der Waals surface area contributed by atoms with E-state index in [-0.39, 0.29) is 42.2 Å². The summed E-state index contributed by atoms with van der Waals surface area (Å²) in [5, 5.41) is 23.7. The van der Waals surface area contributed by atoms with Crippen molar-refractivity contribution in [3.8, 4) is 17.6 Å². The molecule has 3 aliphatic heterocycles. The number of hydrogen-bond acceptors (Lipinski definition) is 6. The Labute approximate surface area is 183 Å². The molecule has 1 aromatic carbocycles. The van der Waals surface area contributed by atoms with Crippen LogP contribution < -0.4 is 20.1 Å². The van der Waals surface area contributed by atoms with Gasteiger partial charge in [-0.25, -0.2) is 0 Å². The molecule has 2 aromatic rings. The summed E-state index contributed by atoms with van der Waals surface area (Å²) in [4.78, 5) is 0. The second kappa shape index (κ2) is 8.30. The summed E-state index contributed by atoms with van der Waals surface area (Å²) in [5.74, 6) is 0.194. The molecule has 30 heavy (non-hydrogen) atoms. The maximum atomic E-state index is 13.7. The van der Waals surface area contributed by atoms with Gasteiger partial charge < -0.3 is 20.1 Å². The third-order valence-electron chi connectivity index (χ3n) is 5.46. The van der Waals surface area contributed by atoms with Crippen LogP contribution in [-0.4, -0.2) is 29.6 Å². The maximum absolute atomic E-state index is 13.7. The van der Waals surface area contributed by atoms with Crippen molar-refractivity contribution in [3.05, 3.63) is 46.8 Å². The van der Waals surface area contributed by atoms with Crippen LogP contribution in [-0.2, 0) is 0 Å². The highest BCUT2D eigenvalue weighted by atomic mass is 35.5. The Morgan fingerprint density at radius 3 is 2.63 bits per heavy atom. The second-order valence-corrected chi connectivity index (χ2v) is 7.06. The molecule has 0 aliphatic carbocycles. The van der Waals surface area contributed by atoms with Gasteiger partial charge in [0.25, 0.3) is 0 Å². The standard InChI is InChI=1S/C19H17F2N5O2.2ClH/c20-19(21)27-14-3-1-2-11(17(14)28-19)15-12(8-22)16(10-4-6-23-7-5-10)25-18-13(15)9-24-26-18;;/h1-3,9-10,15,23H,4-7H2,(H2,24,25,26);2*1H. The normalized spacial score (nSPS) is 21.6. The first-order valence-corrected chi connectivity index (χ1v) is 9.11.